The summed E-state index contributed by atoms with van der Waals surface area (Å²) in [5.74, 6) is 0.328. The summed E-state index contributed by atoms with van der Waals surface area (Å²) in [5, 5.41) is 0. The second-order valence-electron chi connectivity index (χ2n) is 4.82. The van der Waals surface area contributed by atoms with Crippen LogP contribution < -0.4 is 9.46 Å². The molecule has 0 saturated carbocycles. The second kappa shape index (κ2) is 8.73. The fourth-order valence-corrected chi connectivity index (χ4v) is 3.47. The van der Waals surface area contributed by atoms with E-state index in [-0.39, 0.29) is 11.0 Å². The van der Waals surface area contributed by atoms with Crippen molar-refractivity contribution in [3.05, 3.63) is 22.7 Å². The highest BCUT2D eigenvalue weighted by molar-refractivity contribution is 9.10. The number of benzene rings is 1. The molecule has 1 aromatic rings. The summed E-state index contributed by atoms with van der Waals surface area (Å²) in [6, 6.07) is 4.89. The molecule has 1 N–H and O–H groups in total. The molecular formula is C14H22BrNO4S. The van der Waals surface area contributed by atoms with Crippen molar-refractivity contribution in [2.24, 2.45) is 0 Å². The van der Waals surface area contributed by atoms with Crippen LogP contribution in [0.3, 0.4) is 0 Å². The molecule has 0 radical (unpaired) electrons. The smallest absolute Gasteiger partial charge is 0.244 e. The molecule has 5 nitrogen and oxygen atoms in total. The van der Waals surface area contributed by atoms with Crippen molar-refractivity contribution in [1.29, 1.82) is 0 Å². The van der Waals surface area contributed by atoms with Gasteiger partial charge in [0.15, 0.2) is 0 Å². The average Bonchev–Trinajstić information content (AvgIpc) is 2.42. The zero-order chi connectivity index (χ0) is 15.9. The van der Waals surface area contributed by atoms with Crippen LogP contribution >= 0.6 is 15.9 Å². The predicted molar refractivity (Wildman–Crippen MR) is 86.2 cm³/mol. The van der Waals surface area contributed by atoms with Crippen LogP contribution in [0.2, 0.25) is 0 Å². The Bertz CT molecular complexity index is 546. The van der Waals surface area contributed by atoms with Crippen LogP contribution in [0.5, 0.6) is 5.75 Å². The lowest BCUT2D eigenvalue weighted by molar-refractivity contribution is 0.0762. The first-order valence-corrected chi connectivity index (χ1v) is 9.09. The molecule has 0 aromatic heterocycles. The van der Waals surface area contributed by atoms with Gasteiger partial charge in [-0.25, -0.2) is 13.1 Å². The summed E-state index contributed by atoms with van der Waals surface area (Å²) in [6.07, 6.45) is 1.74. The molecule has 7 heteroatoms. The van der Waals surface area contributed by atoms with Crippen molar-refractivity contribution in [3.8, 4) is 5.75 Å². The lowest BCUT2D eigenvalue weighted by atomic mass is 10.3. The van der Waals surface area contributed by atoms with E-state index in [1.54, 1.807) is 12.1 Å². The van der Waals surface area contributed by atoms with Gasteiger partial charge in [0.05, 0.1) is 13.2 Å². The Morgan fingerprint density at radius 3 is 2.62 bits per heavy atom. The van der Waals surface area contributed by atoms with Gasteiger partial charge in [-0.05, 0) is 44.9 Å². The van der Waals surface area contributed by atoms with E-state index < -0.39 is 10.0 Å². The van der Waals surface area contributed by atoms with Gasteiger partial charge in [0.2, 0.25) is 10.0 Å². The quantitative estimate of drug-likeness (QED) is 0.669. The highest BCUT2D eigenvalue weighted by Crippen LogP contribution is 2.26. The number of halogens is 1. The normalized spacial score (nSPS) is 11.9. The van der Waals surface area contributed by atoms with E-state index in [4.69, 9.17) is 9.47 Å². The van der Waals surface area contributed by atoms with Crippen molar-refractivity contribution in [2.45, 2.75) is 37.7 Å². The molecule has 1 rings (SSSR count). The Balaban J connectivity index is 2.56. The van der Waals surface area contributed by atoms with Crippen LogP contribution in [0.1, 0.15) is 26.7 Å². The zero-order valence-electron chi connectivity index (χ0n) is 12.6. The molecule has 120 valence electrons. The van der Waals surface area contributed by atoms with Gasteiger partial charge in [0.25, 0.3) is 0 Å². The molecule has 0 bridgehead atoms. The van der Waals surface area contributed by atoms with Gasteiger partial charge in [0, 0.05) is 17.6 Å². The summed E-state index contributed by atoms with van der Waals surface area (Å²) >= 11 is 3.27. The maximum atomic E-state index is 12.3. The molecular weight excluding hydrogens is 358 g/mol. The Hall–Kier alpha value is -0.630. The number of rotatable bonds is 9. The number of nitrogens with one attached hydrogen (secondary N) is 1. The molecule has 0 aliphatic carbocycles. The van der Waals surface area contributed by atoms with Crippen molar-refractivity contribution >= 4 is 26.0 Å². The van der Waals surface area contributed by atoms with Crippen LogP contribution in [-0.2, 0) is 14.8 Å². The maximum Gasteiger partial charge on any atom is 0.244 e. The zero-order valence-corrected chi connectivity index (χ0v) is 15.0. The molecule has 21 heavy (non-hydrogen) atoms. The third kappa shape index (κ3) is 6.34. The monoisotopic (exact) mass is 379 g/mol. The van der Waals surface area contributed by atoms with E-state index in [2.05, 4.69) is 20.7 Å². The third-order valence-corrected chi connectivity index (χ3v) is 4.71. The highest BCUT2D eigenvalue weighted by Gasteiger charge is 2.19. The van der Waals surface area contributed by atoms with Crippen molar-refractivity contribution in [2.75, 3.05) is 20.3 Å². The average molecular weight is 380 g/mol. The summed E-state index contributed by atoms with van der Waals surface area (Å²) in [4.78, 5) is 0.137. The minimum Gasteiger partial charge on any atom is -0.495 e. The van der Waals surface area contributed by atoms with E-state index in [1.165, 1.54) is 13.2 Å². The fourth-order valence-electron chi connectivity index (χ4n) is 1.69. The summed E-state index contributed by atoms with van der Waals surface area (Å²) in [5.41, 5.74) is 0. The van der Waals surface area contributed by atoms with Crippen LogP contribution in [0.4, 0.5) is 0 Å². The first-order chi connectivity index (χ1) is 9.86. The van der Waals surface area contributed by atoms with Gasteiger partial charge >= 0.3 is 0 Å². The van der Waals surface area contributed by atoms with Gasteiger partial charge in [-0.3, -0.25) is 0 Å². The molecule has 1 aromatic carbocycles. The van der Waals surface area contributed by atoms with Crippen molar-refractivity contribution < 1.29 is 17.9 Å². The molecule has 0 aliphatic rings. The summed E-state index contributed by atoms with van der Waals surface area (Å²) < 4.78 is 38.3. The second-order valence-corrected chi connectivity index (χ2v) is 7.47. The van der Waals surface area contributed by atoms with Gasteiger partial charge in [-0.2, -0.15) is 0 Å². The van der Waals surface area contributed by atoms with Crippen LogP contribution in [0, 0.1) is 0 Å². The molecule has 0 spiro atoms. The van der Waals surface area contributed by atoms with Crippen molar-refractivity contribution in [1.82, 2.24) is 4.72 Å². The maximum absolute atomic E-state index is 12.3. The Morgan fingerprint density at radius 2 is 2.00 bits per heavy atom. The SMILES string of the molecule is COc1ccc(Br)cc1S(=O)(=O)NCCCCOC(C)C. The molecule has 0 unspecified atom stereocenters. The molecule has 0 atom stereocenters. The first-order valence-electron chi connectivity index (χ1n) is 6.81. The van der Waals surface area contributed by atoms with Gasteiger partial charge in [-0.15, -0.1) is 0 Å². The fraction of sp³-hybridized carbons (Fsp3) is 0.571. The molecule has 0 fully saturated rings. The number of ether oxygens (including phenoxy) is 2. The summed E-state index contributed by atoms with van der Waals surface area (Å²) in [6.45, 7) is 4.96. The Morgan fingerprint density at radius 1 is 1.29 bits per heavy atom. The minimum absolute atomic E-state index is 0.137. The lowest BCUT2D eigenvalue weighted by Crippen LogP contribution is -2.25. The van der Waals surface area contributed by atoms with Crippen LogP contribution in [0.25, 0.3) is 0 Å². The highest BCUT2D eigenvalue weighted by atomic mass is 79.9. The number of sulfonamides is 1. The van der Waals surface area contributed by atoms with Crippen LogP contribution in [-0.4, -0.2) is 34.8 Å². The van der Waals surface area contributed by atoms with E-state index >= 15 is 0 Å². The van der Waals surface area contributed by atoms with E-state index in [1.807, 2.05) is 13.8 Å². The standard InChI is InChI=1S/C14H22BrNO4S/c1-11(2)20-9-5-4-8-16-21(17,18)14-10-12(15)6-7-13(14)19-3/h6-7,10-11,16H,4-5,8-9H2,1-3H3. The topological polar surface area (TPSA) is 64.6 Å². The largest absolute Gasteiger partial charge is 0.495 e. The van der Waals surface area contributed by atoms with Crippen molar-refractivity contribution in [3.63, 3.8) is 0 Å². The Kier molecular flexibility index (Phi) is 7.65. The molecule has 0 heterocycles. The van der Waals surface area contributed by atoms with E-state index in [9.17, 15) is 8.42 Å². The van der Waals surface area contributed by atoms with Gasteiger partial charge < -0.3 is 9.47 Å². The van der Waals surface area contributed by atoms with E-state index in [0.29, 0.717) is 23.4 Å². The number of methoxy groups -OCH3 is 1. The number of unbranched alkanes of at least 4 members (excludes halogenated alkanes) is 1. The van der Waals surface area contributed by atoms with Crippen LogP contribution in [0.15, 0.2) is 27.6 Å². The molecule has 0 saturated heterocycles. The minimum atomic E-state index is -3.57. The predicted octanol–water partition coefficient (Wildman–Crippen LogP) is 2.94. The number of hydrogen-bond acceptors (Lipinski definition) is 4. The first kappa shape index (κ1) is 18.4. The van der Waals surface area contributed by atoms with Gasteiger partial charge in [-0.1, -0.05) is 15.9 Å². The van der Waals surface area contributed by atoms with Gasteiger partial charge in [0.1, 0.15) is 10.6 Å². The van der Waals surface area contributed by atoms with E-state index in [0.717, 1.165) is 12.8 Å². The summed E-state index contributed by atoms with van der Waals surface area (Å²) in [7, 11) is -2.12. The molecule has 0 aliphatic heterocycles. The third-order valence-electron chi connectivity index (χ3n) is 2.73. The lowest BCUT2D eigenvalue weighted by Gasteiger charge is -2.11. The number of hydrogen-bond donors (Lipinski definition) is 1. The Labute approximate surface area is 135 Å². The molecule has 0 amide bonds.